The number of aryl methyl sites for hydroxylation is 2. The molecule has 0 aliphatic heterocycles. The number of hydrogen-bond donors (Lipinski definition) is 2. The molecule has 0 aliphatic rings. The zero-order valence-corrected chi connectivity index (χ0v) is 12.1. The smallest absolute Gasteiger partial charge is 0.305 e. The van der Waals surface area contributed by atoms with E-state index in [2.05, 4.69) is 9.82 Å². The molecule has 19 heavy (non-hydrogen) atoms. The summed E-state index contributed by atoms with van der Waals surface area (Å²) in [5.41, 5.74) is 0.842. The summed E-state index contributed by atoms with van der Waals surface area (Å²) in [5, 5.41) is 12.7. The molecule has 1 aromatic rings. The molecule has 2 N–H and O–H groups in total. The molecule has 0 radical (unpaired) electrons. The topological polar surface area (TPSA) is 101 Å². The molecule has 0 atom stereocenters. The van der Waals surface area contributed by atoms with Gasteiger partial charge >= 0.3 is 5.97 Å². The van der Waals surface area contributed by atoms with Gasteiger partial charge in [-0.1, -0.05) is 6.92 Å². The molecular formula is C11H19N3O4S. The number of sulfonamides is 1. The number of nitrogens with one attached hydrogen (secondary N) is 1. The van der Waals surface area contributed by atoms with Crippen LogP contribution in [-0.2, 0) is 21.4 Å². The maximum absolute atomic E-state index is 12.1. The zero-order valence-electron chi connectivity index (χ0n) is 11.3. The summed E-state index contributed by atoms with van der Waals surface area (Å²) in [7, 11) is -3.58. The van der Waals surface area contributed by atoms with E-state index in [-0.39, 0.29) is 17.9 Å². The molecule has 0 spiro atoms. The lowest BCUT2D eigenvalue weighted by molar-refractivity contribution is -0.137. The van der Waals surface area contributed by atoms with E-state index in [1.807, 2.05) is 6.92 Å². The Morgan fingerprint density at radius 2 is 2.05 bits per heavy atom. The van der Waals surface area contributed by atoms with Gasteiger partial charge in [-0.2, -0.15) is 5.10 Å². The molecule has 1 heterocycles. The van der Waals surface area contributed by atoms with Crippen LogP contribution in [0.2, 0.25) is 0 Å². The lowest BCUT2D eigenvalue weighted by Crippen LogP contribution is -2.25. The molecule has 0 aliphatic carbocycles. The number of carbonyl (C=O) groups is 1. The fraction of sp³-hybridized carbons (Fsp3) is 0.636. The molecule has 1 rings (SSSR count). The third-order valence-corrected chi connectivity index (χ3v) is 4.38. The van der Waals surface area contributed by atoms with Crippen LogP contribution in [0.4, 0.5) is 0 Å². The van der Waals surface area contributed by atoms with Gasteiger partial charge in [-0.15, -0.1) is 0 Å². The average Bonchev–Trinajstić information content (AvgIpc) is 2.59. The van der Waals surface area contributed by atoms with Crippen LogP contribution >= 0.6 is 0 Å². The highest BCUT2D eigenvalue weighted by Crippen LogP contribution is 2.19. The van der Waals surface area contributed by atoms with E-state index in [4.69, 9.17) is 5.11 Å². The number of carboxylic acid groups (broad SMARTS) is 1. The van der Waals surface area contributed by atoms with Crippen LogP contribution in [-0.4, -0.2) is 35.8 Å². The second-order valence-electron chi connectivity index (χ2n) is 4.26. The molecule has 0 bridgehead atoms. The van der Waals surface area contributed by atoms with Crippen molar-refractivity contribution in [1.82, 2.24) is 14.5 Å². The fourth-order valence-electron chi connectivity index (χ4n) is 1.80. The highest BCUT2D eigenvalue weighted by Gasteiger charge is 2.24. The molecule has 1 aromatic heterocycles. The normalized spacial score (nSPS) is 11.7. The molecule has 0 saturated carbocycles. The summed E-state index contributed by atoms with van der Waals surface area (Å²) in [4.78, 5) is 10.7. The van der Waals surface area contributed by atoms with Crippen molar-refractivity contribution in [2.45, 2.75) is 45.1 Å². The summed E-state index contributed by atoms with van der Waals surface area (Å²) in [6.07, 6.45) is 0.605. The first-order chi connectivity index (χ1) is 8.79. The Balaban J connectivity index is 3.06. The maximum Gasteiger partial charge on any atom is 0.305 e. The van der Waals surface area contributed by atoms with Gasteiger partial charge in [0.1, 0.15) is 4.90 Å². The van der Waals surface area contributed by atoms with Gasteiger partial charge in [0.2, 0.25) is 10.0 Å². The van der Waals surface area contributed by atoms with E-state index in [9.17, 15) is 13.2 Å². The first-order valence-electron chi connectivity index (χ1n) is 6.05. The van der Waals surface area contributed by atoms with Gasteiger partial charge in [0.25, 0.3) is 0 Å². The molecule has 7 nitrogen and oxygen atoms in total. The third-order valence-electron chi connectivity index (χ3n) is 2.66. The second kappa shape index (κ2) is 6.16. The van der Waals surface area contributed by atoms with Crippen LogP contribution in [0.15, 0.2) is 4.90 Å². The van der Waals surface area contributed by atoms with Crippen molar-refractivity contribution >= 4 is 16.0 Å². The van der Waals surface area contributed by atoms with Gasteiger partial charge in [0.05, 0.1) is 24.4 Å². The van der Waals surface area contributed by atoms with Gasteiger partial charge in [0, 0.05) is 6.54 Å². The standard InChI is InChI=1S/C11H19N3O4S/c1-4-6-12-19(17,18)11-8(2)13-14(9(11)3)7-5-10(15)16/h12H,4-7H2,1-3H3,(H,15,16). The molecule has 0 fully saturated rings. The molecule has 0 amide bonds. The summed E-state index contributed by atoms with van der Waals surface area (Å²) in [6, 6.07) is 0. The van der Waals surface area contributed by atoms with E-state index in [1.54, 1.807) is 13.8 Å². The van der Waals surface area contributed by atoms with E-state index < -0.39 is 16.0 Å². The number of aromatic nitrogens is 2. The van der Waals surface area contributed by atoms with Crippen molar-refractivity contribution in [3.63, 3.8) is 0 Å². The lowest BCUT2D eigenvalue weighted by Gasteiger charge is -2.06. The van der Waals surface area contributed by atoms with Crippen molar-refractivity contribution in [2.75, 3.05) is 6.54 Å². The van der Waals surface area contributed by atoms with Crippen LogP contribution in [0.5, 0.6) is 0 Å². The summed E-state index contributed by atoms with van der Waals surface area (Å²) in [6.45, 7) is 5.62. The van der Waals surface area contributed by atoms with E-state index in [1.165, 1.54) is 4.68 Å². The van der Waals surface area contributed by atoms with E-state index in [0.29, 0.717) is 24.4 Å². The first-order valence-corrected chi connectivity index (χ1v) is 7.53. The number of carboxylic acids is 1. The van der Waals surface area contributed by atoms with E-state index in [0.717, 1.165) is 0 Å². The minimum absolute atomic E-state index is 0.0934. The fourth-order valence-corrected chi connectivity index (χ4v) is 3.34. The largest absolute Gasteiger partial charge is 0.481 e. The van der Waals surface area contributed by atoms with Gasteiger partial charge in [-0.05, 0) is 20.3 Å². The Kier molecular flexibility index (Phi) is 5.07. The molecule has 0 saturated heterocycles. The Morgan fingerprint density at radius 3 is 2.58 bits per heavy atom. The van der Waals surface area contributed by atoms with Gasteiger partial charge < -0.3 is 5.11 Å². The highest BCUT2D eigenvalue weighted by atomic mass is 32.2. The van der Waals surface area contributed by atoms with Crippen LogP contribution in [0.3, 0.4) is 0 Å². The van der Waals surface area contributed by atoms with Crippen LogP contribution in [0.25, 0.3) is 0 Å². The minimum atomic E-state index is -3.58. The van der Waals surface area contributed by atoms with Crippen molar-refractivity contribution in [3.8, 4) is 0 Å². The summed E-state index contributed by atoms with van der Waals surface area (Å²) in [5.74, 6) is -0.943. The lowest BCUT2D eigenvalue weighted by atomic mass is 10.4. The van der Waals surface area contributed by atoms with Crippen molar-refractivity contribution in [2.24, 2.45) is 0 Å². The molecule has 8 heteroatoms. The Hall–Kier alpha value is -1.41. The molecule has 0 unspecified atom stereocenters. The number of rotatable bonds is 7. The van der Waals surface area contributed by atoms with Gasteiger partial charge in [0.15, 0.2) is 0 Å². The summed E-state index contributed by atoms with van der Waals surface area (Å²) >= 11 is 0. The van der Waals surface area contributed by atoms with Crippen molar-refractivity contribution < 1.29 is 18.3 Å². The molecule has 0 aromatic carbocycles. The monoisotopic (exact) mass is 289 g/mol. The predicted octanol–water partition coefficient (Wildman–Crippen LogP) is 0.663. The number of nitrogens with zero attached hydrogens (tertiary/aromatic N) is 2. The predicted molar refractivity (Wildman–Crippen MR) is 69.4 cm³/mol. The SMILES string of the molecule is CCCNS(=O)(=O)c1c(C)nn(CCC(=O)O)c1C. The van der Waals surface area contributed by atoms with Crippen LogP contribution in [0, 0.1) is 13.8 Å². The molecular weight excluding hydrogens is 270 g/mol. The Morgan fingerprint density at radius 1 is 1.42 bits per heavy atom. The first kappa shape index (κ1) is 15.6. The zero-order chi connectivity index (χ0) is 14.6. The highest BCUT2D eigenvalue weighted by molar-refractivity contribution is 7.89. The van der Waals surface area contributed by atoms with Gasteiger partial charge in [-0.3, -0.25) is 9.48 Å². The number of hydrogen-bond acceptors (Lipinski definition) is 4. The molecule has 108 valence electrons. The van der Waals surface area contributed by atoms with Crippen molar-refractivity contribution in [3.05, 3.63) is 11.4 Å². The number of aliphatic carboxylic acids is 1. The van der Waals surface area contributed by atoms with E-state index >= 15 is 0 Å². The Labute approximate surface area is 112 Å². The van der Waals surface area contributed by atoms with Gasteiger partial charge in [-0.25, -0.2) is 13.1 Å². The summed E-state index contributed by atoms with van der Waals surface area (Å²) < 4.78 is 28.1. The maximum atomic E-state index is 12.1. The average molecular weight is 289 g/mol. The Bertz CT molecular complexity index is 563. The van der Waals surface area contributed by atoms with Crippen LogP contribution < -0.4 is 4.72 Å². The second-order valence-corrected chi connectivity index (χ2v) is 5.97. The minimum Gasteiger partial charge on any atom is -0.481 e. The van der Waals surface area contributed by atoms with Crippen molar-refractivity contribution in [1.29, 1.82) is 0 Å². The quantitative estimate of drug-likeness (QED) is 0.768. The third kappa shape index (κ3) is 3.77. The van der Waals surface area contributed by atoms with Crippen LogP contribution in [0.1, 0.15) is 31.2 Å².